The van der Waals surface area contributed by atoms with Crippen molar-refractivity contribution in [3.63, 3.8) is 0 Å². The first-order valence-corrected chi connectivity index (χ1v) is 8.60. The van der Waals surface area contributed by atoms with E-state index in [4.69, 9.17) is 4.74 Å². The first-order chi connectivity index (χ1) is 10.5. The fourth-order valence-electron chi connectivity index (χ4n) is 2.64. The average molecular weight is 307 g/mol. The van der Waals surface area contributed by atoms with Gasteiger partial charge in [0.15, 0.2) is 0 Å². The molecule has 1 aromatic rings. The molecule has 2 unspecified atom stereocenters. The standard InChI is InChI=1S/C19H33NO2/c1-6-8-12-20(17(5)7-2)13-18(21)14-22-19-15(3)10-9-11-16(19)4/h9-11,17-18,21H,6-8,12-14H2,1-5H3. The van der Waals surface area contributed by atoms with Crippen LogP contribution >= 0.6 is 0 Å². The molecule has 0 saturated carbocycles. The van der Waals surface area contributed by atoms with Crippen LogP contribution in [0.5, 0.6) is 5.75 Å². The predicted octanol–water partition coefficient (Wildman–Crippen LogP) is 3.94. The Kier molecular flexibility index (Phi) is 8.51. The molecule has 3 nitrogen and oxygen atoms in total. The van der Waals surface area contributed by atoms with Gasteiger partial charge in [-0.15, -0.1) is 0 Å². The minimum atomic E-state index is -0.454. The SMILES string of the molecule is CCCCN(CC(O)COc1c(C)cccc1C)C(C)CC. The van der Waals surface area contributed by atoms with Gasteiger partial charge in [0.25, 0.3) is 0 Å². The van der Waals surface area contributed by atoms with Crippen LogP contribution in [0.4, 0.5) is 0 Å². The molecule has 126 valence electrons. The van der Waals surface area contributed by atoms with Crippen molar-refractivity contribution in [3.05, 3.63) is 29.3 Å². The highest BCUT2D eigenvalue weighted by molar-refractivity contribution is 5.39. The van der Waals surface area contributed by atoms with Crippen LogP contribution in [-0.2, 0) is 0 Å². The Balaban J connectivity index is 2.54. The van der Waals surface area contributed by atoms with Crippen molar-refractivity contribution in [1.29, 1.82) is 0 Å². The Hall–Kier alpha value is -1.06. The maximum Gasteiger partial charge on any atom is 0.125 e. The fourth-order valence-corrected chi connectivity index (χ4v) is 2.64. The van der Waals surface area contributed by atoms with E-state index >= 15 is 0 Å². The Morgan fingerprint density at radius 3 is 2.36 bits per heavy atom. The van der Waals surface area contributed by atoms with Crippen LogP contribution in [0, 0.1) is 13.8 Å². The lowest BCUT2D eigenvalue weighted by molar-refractivity contribution is 0.0530. The van der Waals surface area contributed by atoms with Gasteiger partial charge < -0.3 is 9.84 Å². The number of hydrogen-bond acceptors (Lipinski definition) is 3. The molecule has 0 aliphatic rings. The molecule has 2 atom stereocenters. The minimum Gasteiger partial charge on any atom is -0.490 e. The minimum absolute atomic E-state index is 0.352. The number of nitrogens with zero attached hydrogens (tertiary/aromatic N) is 1. The number of aryl methyl sites for hydroxylation is 2. The lowest BCUT2D eigenvalue weighted by Crippen LogP contribution is -2.41. The van der Waals surface area contributed by atoms with Crippen LogP contribution in [-0.4, -0.2) is 41.8 Å². The van der Waals surface area contributed by atoms with Crippen LogP contribution in [0.15, 0.2) is 18.2 Å². The number of ether oxygens (including phenoxy) is 1. The lowest BCUT2D eigenvalue weighted by atomic mass is 10.1. The van der Waals surface area contributed by atoms with E-state index in [9.17, 15) is 5.11 Å². The van der Waals surface area contributed by atoms with Crippen molar-refractivity contribution < 1.29 is 9.84 Å². The Labute approximate surface area is 136 Å². The maximum atomic E-state index is 10.3. The van der Waals surface area contributed by atoms with Gasteiger partial charge in [-0.3, -0.25) is 4.90 Å². The third-order valence-electron chi connectivity index (χ3n) is 4.29. The lowest BCUT2D eigenvalue weighted by Gasteiger charge is -2.30. The molecule has 0 saturated heterocycles. The van der Waals surface area contributed by atoms with E-state index in [2.05, 4.69) is 25.7 Å². The van der Waals surface area contributed by atoms with E-state index in [-0.39, 0.29) is 0 Å². The van der Waals surface area contributed by atoms with Crippen LogP contribution in [0.1, 0.15) is 51.2 Å². The molecule has 0 spiro atoms. The number of rotatable bonds is 10. The van der Waals surface area contributed by atoms with E-state index in [0.717, 1.165) is 29.8 Å². The summed E-state index contributed by atoms with van der Waals surface area (Å²) in [6.45, 7) is 12.8. The molecule has 0 fully saturated rings. The smallest absolute Gasteiger partial charge is 0.125 e. The van der Waals surface area contributed by atoms with Gasteiger partial charge in [-0.2, -0.15) is 0 Å². The molecule has 0 bridgehead atoms. The molecule has 1 rings (SSSR count). The van der Waals surface area contributed by atoms with E-state index in [1.54, 1.807) is 0 Å². The summed E-state index contributed by atoms with van der Waals surface area (Å²) in [5.41, 5.74) is 2.24. The molecule has 0 aliphatic heterocycles. The third kappa shape index (κ3) is 5.98. The number of aliphatic hydroxyl groups is 1. The molecule has 0 aromatic heterocycles. The Morgan fingerprint density at radius 2 is 1.82 bits per heavy atom. The van der Waals surface area contributed by atoms with Gasteiger partial charge in [-0.25, -0.2) is 0 Å². The van der Waals surface area contributed by atoms with Crippen LogP contribution < -0.4 is 4.74 Å². The molecular formula is C19H33NO2. The number of hydrogen-bond donors (Lipinski definition) is 1. The van der Waals surface area contributed by atoms with Gasteiger partial charge in [-0.05, 0) is 51.3 Å². The van der Waals surface area contributed by atoms with Crippen molar-refractivity contribution in [2.45, 2.75) is 66.0 Å². The summed E-state index contributed by atoms with van der Waals surface area (Å²) in [5, 5.41) is 10.3. The summed E-state index contributed by atoms with van der Waals surface area (Å²) >= 11 is 0. The molecule has 0 heterocycles. The summed E-state index contributed by atoms with van der Waals surface area (Å²) in [7, 11) is 0. The van der Waals surface area contributed by atoms with E-state index in [1.807, 2.05) is 32.0 Å². The summed E-state index contributed by atoms with van der Waals surface area (Å²) in [6, 6.07) is 6.62. The van der Waals surface area contributed by atoms with E-state index < -0.39 is 6.10 Å². The zero-order valence-electron chi connectivity index (χ0n) is 14.9. The summed E-state index contributed by atoms with van der Waals surface area (Å²) in [4.78, 5) is 2.38. The second kappa shape index (κ2) is 9.86. The zero-order chi connectivity index (χ0) is 16.5. The molecule has 22 heavy (non-hydrogen) atoms. The van der Waals surface area contributed by atoms with Crippen molar-refractivity contribution in [1.82, 2.24) is 4.90 Å². The van der Waals surface area contributed by atoms with Crippen LogP contribution in [0.3, 0.4) is 0 Å². The highest BCUT2D eigenvalue weighted by Gasteiger charge is 2.17. The van der Waals surface area contributed by atoms with Crippen molar-refractivity contribution in [2.75, 3.05) is 19.7 Å². The van der Waals surface area contributed by atoms with Crippen LogP contribution in [0.25, 0.3) is 0 Å². The first kappa shape index (κ1) is 19.0. The predicted molar refractivity (Wildman–Crippen MR) is 93.7 cm³/mol. The Morgan fingerprint density at radius 1 is 1.18 bits per heavy atom. The quantitative estimate of drug-likeness (QED) is 0.710. The topological polar surface area (TPSA) is 32.7 Å². The second-order valence-corrected chi connectivity index (χ2v) is 6.29. The molecule has 0 radical (unpaired) electrons. The fraction of sp³-hybridized carbons (Fsp3) is 0.684. The maximum absolute atomic E-state index is 10.3. The molecule has 3 heteroatoms. The van der Waals surface area contributed by atoms with Crippen molar-refractivity contribution in [3.8, 4) is 5.75 Å². The molecule has 0 amide bonds. The number of benzene rings is 1. The number of para-hydroxylation sites is 1. The summed E-state index contributed by atoms with van der Waals surface area (Å²) < 4.78 is 5.87. The summed E-state index contributed by atoms with van der Waals surface area (Å²) in [6.07, 6.45) is 3.01. The monoisotopic (exact) mass is 307 g/mol. The molecule has 1 N–H and O–H groups in total. The van der Waals surface area contributed by atoms with Crippen molar-refractivity contribution >= 4 is 0 Å². The van der Waals surface area contributed by atoms with Crippen LogP contribution in [0.2, 0.25) is 0 Å². The highest BCUT2D eigenvalue weighted by atomic mass is 16.5. The molecular weight excluding hydrogens is 274 g/mol. The zero-order valence-corrected chi connectivity index (χ0v) is 14.9. The van der Waals surface area contributed by atoms with Gasteiger partial charge >= 0.3 is 0 Å². The van der Waals surface area contributed by atoms with E-state index in [0.29, 0.717) is 19.2 Å². The van der Waals surface area contributed by atoms with Crippen molar-refractivity contribution in [2.24, 2.45) is 0 Å². The third-order valence-corrected chi connectivity index (χ3v) is 4.29. The molecule has 0 aliphatic carbocycles. The van der Waals surface area contributed by atoms with Gasteiger partial charge in [-0.1, -0.05) is 38.5 Å². The average Bonchev–Trinajstić information content (AvgIpc) is 2.50. The first-order valence-electron chi connectivity index (χ1n) is 8.60. The number of aliphatic hydroxyl groups excluding tert-OH is 1. The van der Waals surface area contributed by atoms with E-state index in [1.165, 1.54) is 12.8 Å². The second-order valence-electron chi connectivity index (χ2n) is 6.29. The Bertz CT molecular complexity index is 413. The normalized spacial score (nSPS) is 14.1. The molecule has 1 aromatic carbocycles. The van der Waals surface area contributed by atoms with Gasteiger partial charge in [0, 0.05) is 12.6 Å². The highest BCUT2D eigenvalue weighted by Crippen LogP contribution is 2.22. The number of unbranched alkanes of at least 4 members (excludes halogenated alkanes) is 1. The largest absolute Gasteiger partial charge is 0.490 e. The van der Waals surface area contributed by atoms with Gasteiger partial charge in [0.2, 0.25) is 0 Å². The summed E-state index contributed by atoms with van der Waals surface area (Å²) in [5.74, 6) is 0.908. The van der Waals surface area contributed by atoms with Gasteiger partial charge in [0.05, 0.1) is 0 Å². The van der Waals surface area contributed by atoms with Gasteiger partial charge in [0.1, 0.15) is 18.5 Å².